The average Bonchev–Trinajstić information content (AvgIpc) is 2.61. The van der Waals surface area contributed by atoms with E-state index in [0.717, 1.165) is 0 Å². The Hall–Kier alpha value is -1.15. The van der Waals surface area contributed by atoms with Gasteiger partial charge in [0, 0.05) is 6.61 Å². The van der Waals surface area contributed by atoms with Crippen LogP contribution >= 0.6 is 0 Å². The second kappa shape index (κ2) is 5.01. The molecule has 0 radical (unpaired) electrons. The Kier molecular flexibility index (Phi) is 4.10. The lowest BCUT2D eigenvalue weighted by Gasteiger charge is -2.19. The summed E-state index contributed by atoms with van der Waals surface area (Å²) in [4.78, 5) is 3.62. The van der Waals surface area contributed by atoms with E-state index < -0.39 is 24.0 Å². The summed E-state index contributed by atoms with van der Waals surface area (Å²) in [6, 6.07) is 0. The van der Waals surface area contributed by atoms with Gasteiger partial charge in [-0.2, -0.15) is 18.2 Å². The molecule has 1 atom stereocenters. The number of alkyl halides is 3. The molecule has 0 saturated carbocycles. The Morgan fingerprint density at radius 1 is 1.41 bits per heavy atom. The zero-order chi connectivity index (χ0) is 13.1. The third-order valence-electron chi connectivity index (χ3n) is 1.94. The fourth-order valence-electron chi connectivity index (χ4n) is 1.11. The Bertz CT molecular complexity index is 363. The van der Waals surface area contributed by atoms with Crippen LogP contribution in [0, 0.1) is 0 Å². The molecule has 0 aliphatic carbocycles. The van der Waals surface area contributed by atoms with Gasteiger partial charge in [-0.15, -0.1) is 0 Å². The van der Waals surface area contributed by atoms with Gasteiger partial charge in [-0.3, -0.25) is 0 Å². The maximum absolute atomic E-state index is 12.1. The maximum atomic E-state index is 12.1. The molecule has 1 unspecified atom stereocenters. The fourth-order valence-corrected chi connectivity index (χ4v) is 1.11. The third kappa shape index (κ3) is 4.31. The molecule has 0 aromatic carbocycles. The average molecular weight is 253 g/mol. The van der Waals surface area contributed by atoms with E-state index in [1.807, 2.05) is 0 Å². The van der Waals surface area contributed by atoms with Gasteiger partial charge >= 0.3 is 6.18 Å². The molecular weight excluding hydrogens is 239 g/mol. The first-order chi connectivity index (χ1) is 7.74. The van der Waals surface area contributed by atoms with Crippen molar-refractivity contribution in [1.82, 2.24) is 10.1 Å². The number of hydrogen-bond acceptors (Lipinski definition) is 5. The number of halogens is 3. The smallest absolute Gasteiger partial charge is 0.379 e. The lowest BCUT2D eigenvalue weighted by molar-refractivity contribution is -0.131. The molecule has 98 valence electrons. The summed E-state index contributed by atoms with van der Waals surface area (Å²) in [6.07, 6.45) is -5.64. The van der Waals surface area contributed by atoms with Crippen LogP contribution in [0.5, 0.6) is 0 Å². The molecule has 1 heterocycles. The topological polar surface area (TPSA) is 74.2 Å². The Morgan fingerprint density at radius 3 is 2.59 bits per heavy atom. The summed E-state index contributed by atoms with van der Waals surface area (Å²) >= 11 is 0. The SMILES string of the molecule is CCOCC(C)(N)c1noc(CC(F)(F)F)n1. The quantitative estimate of drug-likeness (QED) is 0.858. The Morgan fingerprint density at radius 2 is 2.06 bits per heavy atom. The van der Waals surface area contributed by atoms with Crippen molar-refractivity contribution in [2.45, 2.75) is 32.0 Å². The monoisotopic (exact) mass is 253 g/mol. The zero-order valence-corrected chi connectivity index (χ0v) is 9.54. The van der Waals surface area contributed by atoms with Crippen LogP contribution in [-0.2, 0) is 16.7 Å². The van der Waals surface area contributed by atoms with Gasteiger partial charge in [0.25, 0.3) is 0 Å². The van der Waals surface area contributed by atoms with E-state index in [1.54, 1.807) is 13.8 Å². The third-order valence-corrected chi connectivity index (χ3v) is 1.94. The number of nitrogens with two attached hydrogens (primary N) is 1. The fraction of sp³-hybridized carbons (Fsp3) is 0.778. The first-order valence-corrected chi connectivity index (χ1v) is 5.01. The van der Waals surface area contributed by atoms with Crippen LogP contribution in [0.1, 0.15) is 25.6 Å². The molecule has 5 nitrogen and oxygen atoms in total. The van der Waals surface area contributed by atoms with Crippen molar-refractivity contribution in [1.29, 1.82) is 0 Å². The van der Waals surface area contributed by atoms with Gasteiger partial charge in [-0.25, -0.2) is 0 Å². The molecule has 8 heteroatoms. The second-order valence-corrected chi connectivity index (χ2v) is 3.86. The van der Waals surface area contributed by atoms with Gasteiger partial charge in [-0.05, 0) is 13.8 Å². The van der Waals surface area contributed by atoms with Crippen molar-refractivity contribution in [3.8, 4) is 0 Å². The molecule has 0 spiro atoms. The van der Waals surface area contributed by atoms with Crippen LogP contribution in [0.25, 0.3) is 0 Å². The van der Waals surface area contributed by atoms with Crippen LogP contribution in [0.4, 0.5) is 13.2 Å². The van der Waals surface area contributed by atoms with Gasteiger partial charge in [-0.1, -0.05) is 5.16 Å². The Labute approximate surface area is 96.1 Å². The number of hydrogen-bond donors (Lipinski definition) is 1. The summed E-state index contributed by atoms with van der Waals surface area (Å²) in [5.41, 5.74) is 4.74. The highest BCUT2D eigenvalue weighted by Crippen LogP contribution is 2.22. The van der Waals surface area contributed by atoms with Gasteiger partial charge in [0.15, 0.2) is 5.82 Å². The van der Waals surface area contributed by atoms with E-state index in [-0.39, 0.29) is 12.4 Å². The van der Waals surface area contributed by atoms with Crippen LogP contribution < -0.4 is 5.73 Å². The predicted octanol–water partition coefficient (Wildman–Crippen LogP) is 1.38. The largest absolute Gasteiger partial charge is 0.397 e. The van der Waals surface area contributed by atoms with E-state index >= 15 is 0 Å². The van der Waals surface area contributed by atoms with Gasteiger partial charge in [0.1, 0.15) is 12.0 Å². The van der Waals surface area contributed by atoms with E-state index in [2.05, 4.69) is 14.7 Å². The standard InChI is InChI=1S/C9H14F3N3O2/c1-3-16-5-8(2,13)7-14-6(17-15-7)4-9(10,11)12/h3-5,13H2,1-2H3. The van der Waals surface area contributed by atoms with E-state index in [4.69, 9.17) is 10.5 Å². The summed E-state index contributed by atoms with van der Waals surface area (Å²) in [5.74, 6) is -0.495. The van der Waals surface area contributed by atoms with Crippen molar-refractivity contribution in [3.05, 3.63) is 11.7 Å². The van der Waals surface area contributed by atoms with Crippen molar-refractivity contribution >= 4 is 0 Å². The van der Waals surface area contributed by atoms with Crippen molar-refractivity contribution < 1.29 is 22.4 Å². The van der Waals surface area contributed by atoms with Crippen molar-refractivity contribution in [3.63, 3.8) is 0 Å². The number of ether oxygens (including phenoxy) is 1. The van der Waals surface area contributed by atoms with Crippen molar-refractivity contribution in [2.24, 2.45) is 5.73 Å². The highest BCUT2D eigenvalue weighted by Gasteiger charge is 2.33. The maximum Gasteiger partial charge on any atom is 0.397 e. The molecule has 0 amide bonds. The summed E-state index contributed by atoms with van der Waals surface area (Å²) in [7, 11) is 0. The summed E-state index contributed by atoms with van der Waals surface area (Å²) in [5, 5.41) is 3.43. The molecule has 0 saturated heterocycles. The molecule has 2 N–H and O–H groups in total. The minimum absolute atomic E-state index is 0.00481. The van der Waals surface area contributed by atoms with E-state index in [1.165, 1.54) is 0 Å². The molecule has 0 aliphatic rings. The molecule has 0 aliphatic heterocycles. The lowest BCUT2D eigenvalue weighted by atomic mass is 10.1. The lowest BCUT2D eigenvalue weighted by Crippen LogP contribution is -2.39. The highest BCUT2D eigenvalue weighted by molar-refractivity contribution is 5.02. The highest BCUT2D eigenvalue weighted by atomic mass is 19.4. The normalized spacial score (nSPS) is 15.9. The first kappa shape index (κ1) is 13.9. The molecular formula is C9H14F3N3O2. The van der Waals surface area contributed by atoms with E-state index in [0.29, 0.717) is 6.61 Å². The van der Waals surface area contributed by atoms with Gasteiger partial charge in [0.05, 0.1) is 6.61 Å². The first-order valence-electron chi connectivity index (χ1n) is 5.01. The molecule has 1 aromatic heterocycles. The Balaban J connectivity index is 2.73. The van der Waals surface area contributed by atoms with Crippen LogP contribution in [0.15, 0.2) is 4.52 Å². The number of rotatable bonds is 5. The number of nitrogens with zero attached hydrogens (tertiary/aromatic N) is 2. The van der Waals surface area contributed by atoms with Crippen molar-refractivity contribution in [2.75, 3.05) is 13.2 Å². The summed E-state index contributed by atoms with van der Waals surface area (Å²) in [6.45, 7) is 3.89. The minimum Gasteiger partial charge on any atom is -0.379 e. The van der Waals surface area contributed by atoms with Crippen LogP contribution in [0.2, 0.25) is 0 Å². The zero-order valence-electron chi connectivity index (χ0n) is 9.54. The molecule has 0 fully saturated rings. The predicted molar refractivity (Wildman–Crippen MR) is 52.1 cm³/mol. The molecule has 17 heavy (non-hydrogen) atoms. The van der Waals surface area contributed by atoms with Gasteiger partial charge < -0.3 is 15.0 Å². The minimum atomic E-state index is -4.38. The number of aromatic nitrogens is 2. The van der Waals surface area contributed by atoms with E-state index in [9.17, 15) is 13.2 Å². The molecule has 0 bridgehead atoms. The van der Waals surface area contributed by atoms with Crippen LogP contribution in [0.3, 0.4) is 0 Å². The summed E-state index contributed by atoms with van der Waals surface area (Å²) < 4.78 is 45.8. The van der Waals surface area contributed by atoms with Crippen LogP contribution in [-0.4, -0.2) is 29.5 Å². The van der Waals surface area contributed by atoms with Gasteiger partial charge in [0.2, 0.25) is 5.89 Å². The molecule has 1 rings (SSSR count). The molecule has 1 aromatic rings. The second-order valence-electron chi connectivity index (χ2n) is 3.86.